The first-order valence-electron chi connectivity index (χ1n) is 10.8. The molecule has 1 saturated heterocycles. The first-order chi connectivity index (χ1) is 14.4. The van der Waals surface area contributed by atoms with E-state index in [2.05, 4.69) is 19.2 Å². The molecule has 1 heterocycles. The number of ether oxygens (including phenoxy) is 1. The van der Waals surface area contributed by atoms with E-state index in [0.717, 1.165) is 44.2 Å². The van der Waals surface area contributed by atoms with Gasteiger partial charge in [0, 0.05) is 32.2 Å². The summed E-state index contributed by atoms with van der Waals surface area (Å²) in [7, 11) is 0. The lowest BCUT2D eigenvalue weighted by molar-refractivity contribution is -0.117. The zero-order chi connectivity index (χ0) is 21.9. The van der Waals surface area contributed by atoms with E-state index in [9.17, 15) is 18.4 Å². The molecule has 1 fully saturated rings. The van der Waals surface area contributed by atoms with Gasteiger partial charge in [0.05, 0.1) is 18.8 Å². The second-order valence-corrected chi connectivity index (χ2v) is 7.78. The molecule has 0 radical (unpaired) electrons. The fourth-order valence-electron chi connectivity index (χ4n) is 3.47. The fourth-order valence-corrected chi connectivity index (χ4v) is 3.47. The van der Waals surface area contributed by atoms with Gasteiger partial charge in [-0.25, -0.2) is 13.6 Å². The van der Waals surface area contributed by atoms with Crippen molar-refractivity contribution in [2.75, 3.05) is 44.6 Å². The molecule has 0 aromatic heterocycles. The molecule has 1 atom stereocenters. The van der Waals surface area contributed by atoms with Crippen LogP contribution in [-0.4, -0.2) is 61.1 Å². The van der Waals surface area contributed by atoms with E-state index >= 15 is 0 Å². The number of carbonyl (C=O) groups excluding carboxylic acids is 2. The van der Waals surface area contributed by atoms with Crippen LogP contribution in [0.4, 0.5) is 19.3 Å². The van der Waals surface area contributed by atoms with E-state index in [1.807, 2.05) is 4.90 Å². The third kappa shape index (κ3) is 7.89. The number of unbranched alkanes of at least 4 members (excludes halogenated alkanes) is 1. The van der Waals surface area contributed by atoms with Gasteiger partial charge in [0.1, 0.15) is 11.6 Å². The molecule has 1 aromatic carbocycles. The monoisotopic (exact) mass is 425 g/mol. The molecule has 1 aromatic rings. The van der Waals surface area contributed by atoms with Gasteiger partial charge < -0.3 is 15.0 Å². The highest BCUT2D eigenvalue weighted by Gasteiger charge is 2.22. The van der Waals surface area contributed by atoms with Crippen LogP contribution in [0.1, 0.15) is 46.0 Å². The van der Waals surface area contributed by atoms with Crippen LogP contribution >= 0.6 is 0 Å². The summed E-state index contributed by atoms with van der Waals surface area (Å²) in [6, 6.07) is 3.03. The van der Waals surface area contributed by atoms with E-state index in [1.54, 1.807) is 4.90 Å². The molecule has 0 aliphatic carbocycles. The second-order valence-electron chi connectivity index (χ2n) is 7.78. The second kappa shape index (κ2) is 12.5. The Labute approximate surface area is 177 Å². The molecule has 1 unspecified atom stereocenters. The number of amides is 2. The molecule has 0 bridgehead atoms. The molecule has 0 saturated carbocycles. The van der Waals surface area contributed by atoms with Crippen molar-refractivity contribution in [1.82, 2.24) is 9.80 Å². The average molecular weight is 426 g/mol. The van der Waals surface area contributed by atoms with Crippen LogP contribution in [0.5, 0.6) is 0 Å². The van der Waals surface area contributed by atoms with Crippen molar-refractivity contribution in [2.45, 2.75) is 46.0 Å². The largest absolute Gasteiger partial charge is 0.449 e. The molecule has 30 heavy (non-hydrogen) atoms. The summed E-state index contributed by atoms with van der Waals surface area (Å²) >= 11 is 0. The van der Waals surface area contributed by atoms with Crippen LogP contribution in [0, 0.1) is 17.6 Å². The summed E-state index contributed by atoms with van der Waals surface area (Å²) in [5, 5.41) is 2.47. The normalized spacial score (nSPS) is 16.1. The SMILES string of the molecule is CCCCC(CC)COC(=O)N1CCCN(CC(=O)Nc2ccc(F)cc2F)CC1. The average Bonchev–Trinajstić information content (AvgIpc) is 2.95. The lowest BCUT2D eigenvalue weighted by atomic mass is 10.0. The van der Waals surface area contributed by atoms with Crippen molar-refractivity contribution >= 4 is 17.7 Å². The van der Waals surface area contributed by atoms with Gasteiger partial charge in [0.2, 0.25) is 5.91 Å². The van der Waals surface area contributed by atoms with E-state index in [1.165, 1.54) is 6.07 Å². The third-order valence-corrected chi connectivity index (χ3v) is 5.40. The van der Waals surface area contributed by atoms with Gasteiger partial charge in [-0.05, 0) is 30.9 Å². The fraction of sp³-hybridized carbons (Fsp3) is 0.636. The minimum Gasteiger partial charge on any atom is -0.449 e. The highest BCUT2D eigenvalue weighted by Crippen LogP contribution is 2.16. The summed E-state index contributed by atoms with van der Waals surface area (Å²) in [6.07, 6.45) is 4.75. The molecule has 2 rings (SSSR count). The van der Waals surface area contributed by atoms with Gasteiger partial charge >= 0.3 is 6.09 Å². The molecule has 2 amide bonds. The summed E-state index contributed by atoms with van der Waals surface area (Å²) in [6.45, 7) is 7.02. The van der Waals surface area contributed by atoms with Crippen LogP contribution in [-0.2, 0) is 9.53 Å². The molecule has 0 spiro atoms. The predicted molar refractivity (Wildman–Crippen MR) is 112 cm³/mol. The van der Waals surface area contributed by atoms with Crippen LogP contribution in [0.15, 0.2) is 18.2 Å². The van der Waals surface area contributed by atoms with Crippen molar-refractivity contribution in [2.24, 2.45) is 5.92 Å². The third-order valence-electron chi connectivity index (χ3n) is 5.40. The number of rotatable bonds is 9. The first-order valence-corrected chi connectivity index (χ1v) is 10.8. The number of hydrogen-bond donors (Lipinski definition) is 1. The Hall–Kier alpha value is -2.22. The number of halogens is 2. The van der Waals surface area contributed by atoms with Gasteiger partial charge in [0.15, 0.2) is 0 Å². The topological polar surface area (TPSA) is 61.9 Å². The van der Waals surface area contributed by atoms with Crippen molar-refractivity contribution in [1.29, 1.82) is 0 Å². The summed E-state index contributed by atoms with van der Waals surface area (Å²) < 4.78 is 32.2. The smallest absolute Gasteiger partial charge is 0.409 e. The molecular formula is C22H33F2N3O3. The lowest BCUT2D eigenvalue weighted by Gasteiger charge is -2.23. The summed E-state index contributed by atoms with van der Waals surface area (Å²) in [5.41, 5.74) is -0.0463. The van der Waals surface area contributed by atoms with Crippen molar-refractivity contribution in [3.05, 3.63) is 29.8 Å². The van der Waals surface area contributed by atoms with Gasteiger partial charge in [-0.2, -0.15) is 0 Å². The number of nitrogens with one attached hydrogen (secondary N) is 1. The summed E-state index contributed by atoms with van der Waals surface area (Å²) in [4.78, 5) is 28.2. The van der Waals surface area contributed by atoms with E-state index in [0.29, 0.717) is 38.7 Å². The van der Waals surface area contributed by atoms with Gasteiger partial charge in [-0.15, -0.1) is 0 Å². The van der Waals surface area contributed by atoms with E-state index < -0.39 is 11.6 Å². The Morgan fingerprint density at radius 2 is 1.97 bits per heavy atom. The van der Waals surface area contributed by atoms with Crippen LogP contribution < -0.4 is 5.32 Å². The number of benzene rings is 1. The van der Waals surface area contributed by atoms with Gasteiger partial charge in [-0.1, -0.05) is 33.1 Å². The molecule has 168 valence electrons. The van der Waals surface area contributed by atoms with Crippen molar-refractivity contribution < 1.29 is 23.1 Å². The zero-order valence-corrected chi connectivity index (χ0v) is 18.0. The molecule has 1 aliphatic rings. The minimum atomic E-state index is -0.808. The number of anilines is 1. The minimum absolute atomic E-state index is 0.0463. The Balaban J connectivity index is 1.77. The predicted octanol–water partition coefficient (Wildman–Crippen LogP) is 4.26. The Bertz CT molecular complexity index is 702. The highest BCUT2D eigenvalue weighted by molar-refractivity contribution is 5.92. The quantitative estimate of drug-likeness (QED) is 0.642. The molecule has 8 heteroatoms. The first kappa shape index (κ1) is 24.1. The number of carbonyl (C=O) groups is 2. The number of nitrogens with zero attached hydrogens (tertiary/aromatic N) is 2. The van der Waals surface area contributed by atoms with Crippen LogP contribution in [0.25, 0.3) is 0 Å². The molecule has 1 aliphatic heterocycles. The number of hydrogen-bond acceptors (Lipinski definition) is 4. The van der Waals surface area contributed by atoms with Gasteiger partial charge in [0.25, 0.3) is 0 Å². The van der Waals surface area contributed by atoms with Crippen molar-refractivity contribution in [3.63, 3.8) is 0 Å². The molecule has 6 nitrogen and oxygen atoms in total. The van der Waals surface area contributed by atoms with Crippen LogP contribution in [0.2, 0.25) is 0 Å². The Morgan fingerprint density at radius 1 is 1.17 bits per heavy atom. The lowest BCUT2D eigenvalue weighted by Crippen LogP contribution is -2.38. The van der Waals surface area contributed by atoms with Crippen LogP contribution in [0.3, 0.4) is 0 Å². The molecular weight excluding hydrogens is 392 g/mol. The Kier molecular flexibility index (Phi) is 10.00. The molecule has 1 N–H and O–H groups in total. The van der Waals surface area contributed by atoms with Gasteiger partial charge in [-0.3, -0.25) is 9.69 Å². The maximum absolute atomic E-state index is 13.7. The Morgan fingerprint density at radius 3 is 2.67 bits per heavy atom. The maximum atomic E-state index is 13.7. The standard InChI is InChI=1S/C22H33F2N3O3/c1-3-5-7-17(4-2)16-30-22(29)27-11-6-10-26(12-13-27)15-21(28)25-20-9-8-18(23)14-19(20)24/h8-9,14,17H,3-7,10-13,15-16H2,1-2H3,(H,25,28). The van der Waals surface area contributed by atoms with E-state index in [4.69, 9.17) is 4.74 Å². The maximum Gasteiger partial charge on any atom is 0.409 e. The summed E-state index contributed by atoms with van der Waals surface area (Å²) in [5.74, 6) is -1.48. The van der Waals surface area contributed by atoms with E-state index in [-0.39, 0.29) is 24.2 Å². The zero-order valence-electron chi connectivity index (χ0n) is 18.0. The highest BCUT2D eigenvalue weighted by atomic mass is 19.1. The van der Waals surface area contributed by atoms with Crippen molar-refractivity contribution in [3.8, 4) is 0 Å².